The maximum absolute atomic E-state index is 11.6. The number of aromatic carboxylic acids is 1. The molecule has 0 atom stereocenters. The number of hydrogen-bond donors (Lipinski definition) is 3. The molecule has 0 fully saturated rings. The second kappa shape index (κ2) is 4.79. The van der Waals surface area contributed by atoms with Gasteiger partial charge in [0.2, 0.25) is 5.91 Å². The lowest BCUT2D eigenvalue weighted by atomic mass is 10.3. The third-order valence-corrected chi connectivity index (χ3v) is 2.95. The number of carboxylic acid groups (broad SMARTS) is 1. The zero-order valence-electron chi connectivity index (χ0n) is 8.64. The summed E-state index contributed by atoms with van der Waals surface area (Å²) in [6.07, 6.45) is 1.69. The van der Waals surface area contributed by atoms with Gasteiger partial charge < -0.3 is 10.4 Å². The van der Waals surface area contributed by atoms with Gasteiger partial charge in [-0.2, -0.15) is 5.10 Å². The van der Waals surface area contributed by atoms with Crippen LogP contribution in [0.3, 0.4) is 0 Å². The van der Waals surface area contributed by atoms with E-state index in [4.69, 9.17) is 5.11 Å². The average Bonchev–Trinajstić information content (AvgIpc) is 2.88. The van der Waals surface area contributed by atoms with Crippen molar-refractivity contribution in [1.29, 1.82) is 0 Å². The van der Waals surface area contributed by atoms with E-state index in [9.17, 15) is 9.59 Å². The molecule has 0 aliphatic rings. The van der Waals surface area contributed by atoms with Crippen molar-refractivity contribution >= 4 is 28.9 Å². The van der Waals surface area contributed by atoms with Crippen molar-refractivity contribution in [1.82, 2.24) is 10.2 Å². The van der Waals surface area contributed by atoms with E-state index in [0.717, 1.165) is 11.3 Å². The minimum absolute atomic E-state index is 0.128. The van der Waals surface area contributed by atoms with Crippen LogP contribution in [-0.2, 0) is 11.2 Å². The van der Waals surface area contributed by atoms with Crippen LogP contribution in [0.25, 0.3) is 0 Å². The summed E-state index contributed by atoms with van der Waals surface area (Å²) in [5.74, 6) is -1.33. The maximum Gasteiger partial charge on any atom is 0.348 e. The van der Waals surface area contributed by atoms with Gasteiger partial charge >= 0.3 is 5.97 Å². The van der Waals surface area contributed by atoms with Crippen molar-refractivity contribution in [2.75, 3.05) is 5.32 Å². The van der Waals surface area contributed by atoms with Crippen molar-refractivity contribution in [2.24, 2.45) is 0 Å². The number of aromatic nitrogens is 2. The van der Waals surface area contributed by atoms with E-state index in [1.54, 1.807) is 23.7 Å². The molecular formula is C10H9N3O3S. The van der Waals surface area contributed by atoms with Gasteiger partial charge in [0, 0.05) is 11.9 Å². The molecule has 0 aliphatic heterocycles. The first-order valence-electron chi connectivity index (χ1n) is 4.75. The summed E-state index contributed by atoms with van der Waals surface area (Å²) in [5.41, 5.74) is 1.00. The molecule has 3 N–H and O–H groups in total. The van der Waals surface area contributed by atoms with E-state index < -0.39 is 5.97 Å². The molecule has 2 aromatic heterocycles. The van der Waals surface area contributed by atoms with Crippen molar-refractivity contribution < 1.29 is 14.7 Å². The standard InChI is InChI=1S/C10H9N3O3S/c14-8(5-6-1-3-11-13-6)12-7-2-4-17-9(7)10(15)16/h1-4H,5H2,(H,11,13)(H,12,14)(H,15,16). The molecule has 6 nitrogen and oxygen atoms in total. The smallest absolute Gasteiger partial charge is 0.348 e. The number of thiophene rings is 1. The highest BCUT2D eigenvalue weighted by Gasteiger charge is 2.14. The third-order valence-electron chi connectivity index (χ3n) is 2.04. The third kappa shape index (κ3) is 2.70. The Balaban J connectivity index is 2.03. The number of hydrogen-bond acceptors (Lipinski definition) is 4. The number of carbonyl (C=O) groups is 2. The summed E-state index contributed by atoms with van der Waals surface area (Å²) < 4.78 is 0. The number of carboxylic acids is 1. The number of amides is 1. The van der Waals surface area contributed by atoms with Gasteiger partial charge in [-0.3, -0.25) is 9.89 Å². The van der Waals surface area contributed by atoms with Gasteiger partial charge in [-0.05, 0) is 17.5 Å². The average molecular weight is 251 g/mol. The van der Waals surface area contributed by atoms with Crippen LogP contribution in [0, 0.1) is 0 Å². The number of rotatable bonds is 4. The van der Waals surface area contributed by atoms with Crippen LogP contribution in [0.1, 0.15) is 15.4 Å². The van der Waals surface area contributed by atoms with Gasteiger partial charge in [-0.1, -0.05) is 0 Å². The fourth-order valence-corrected chi connectivity index (χ4v) is 2.01. The largest absolute Gasteiger partial charge is 0.477 e. The van der Waals surface area contributed by atoms with E-state index in [0.29, 0.717) is 11.4 Å². The number of carbonyl (C=O) groups excluding carboxylic acids is 1. The second-order valence-electron chi connectivity index (χ2n) is 3.28. The van der Waals surface area contributed by atoms with Crippen molar-refractivity contribution in [3.63, 3.8) is 0 Å². The summed E-state index contributed by atoms with van der Waals surface area (Å²) in [7, 11) is 0. The predicted molar refractivity (Wildman–Crippen MR) is 62.2 cm³/mol. The van der Waals surface area contributed by atoms with E-state index in [-0.39, 0.29) is 17.2 Å². The Labute approximate surface area is 100 Å². The zero-order valence-corrected chi connectivity index (χ0v) is 9.45. The number of nitrogens with zero attached hydrogens (tertiary/aromatic N) is 1. The molecule has 7 heteroatoms. The van der Waals surface area contributed by atoms with Crippen LogP contribution in [-0.4, -0.2) is 27.2 Å². The molecule has 0 saturated carbocycles. The van der Waals surface area contributed by atoms with Crippen LogP contribution < -0.4 is 5.32 Å². The first kappa shape index (κ1) is 11.3. The van der Waals surface area contributed by atoms with E-state index in [2.05, 4.69) is 15.5 Å². The molecule has 0 bridgehead atoms. The van der Waals surface area contributed by atoms with E-state index >= 15 is 0 Å². The van der Waals surface area contributed by atoms with Crippen molar-refractivity contribution in [3.05, 3.63) is 34.3 Å². The van der Waals surface area contributed by atoms with Crippen molar-refractivity contribution in [2.45, 2.75) is 6.42 Å². The molecule has 0 aromatic carbocycles. The Kier molecular flexibility index (Phi) is 3.20. The minimum Gasteiger partial charge on any atom is -0.477 e. The first-order chi connectivity index (χ1) is 8.16. The maximum atomic E-state index is 11.6. The summed E-state index contributed by atoms with van der Waals surface area (Å²) in [6.45, 7) is 0. The summed E-state index contributed by atoms with van der Waals surface area (Å²) in [6, 6.07) is 3.25. The van der Waals surface area contributed by atoms with Crippen LogP contribution in [0.2, 0.25) is 0 Å². The summed E-state index contributed by atoms with van der Waals surface area (Å²) in [5, 5.41) is 19.4. The Morgan fingerprint density at radius 3 is 2.94 bits per heavy atom. The highest BCUT2D eigenvalue weighted by molar-refractivity contribution is 7.12. The Morgan fingerprint density at radius 2 is 2.29 bits per heavy atom. The lowest BCUT2D eigenvalue weighted by Crippen LogP contribution is -2.15. The molecule has 17 heavy (non-hydrogen) atoms. The first-order valence-corrected chi connectivity index (χ1v) is 5.63. The predicted octanol–water partition coefficient (Wildman–Crippen LogP) is 1.35. The highest BCUT2D eigenvalue weighted by Crippen LogP contribution is 2.22. The summed E-state index contributed by atoms with van der Waals surface area (Å²) in [4.78, 5) is 22.6. The van der Waals surface area contributed by atoms with E-state index in [1.807, 2.05) is 0 Å². The SMILES string of the molecule is O=C(Cc1ccn[nH]1)Nc1ccsc1C(=O)O. The van der Waals surface area contributed by atoms with Gasteiger partial charge in [0.25, 0.3) is 0 Å². The Bertz CT molecular complexity index is 533. The Morgan fingerprint density at radius 1 is 1.47 bits per heavy atom. The van der Waals surface area contributed by atoms with E-state index in [1.165, 1.54) is 0 Å². The van der Waals surface area contributed by atoms with Crippen LogP contribution in [0.5, 0.6) is 0 Å². The fourth-order valence-electron chi connectivity index (χ4n) is 1.32. The summed E-state index contributed by atoms with van der Waals surface area (Å²) >= 11 is 1.07. The number of nitrogens with one attached hydrogen (secondary N) is 2. The minimum atomic E-state index is -1.04. The number of aromatic amines is 1. The van der Waals surface area contributed by atoms with Crippen LogP contribution >= 0.6 is 11.3 Å². The molecule has 2 heterocycles. The molecule has 0 radical (unpaired) electrons. The zero-order chi connectivity index (χ0) is 12.3. The monoisotopic (exact) mass is 251 g/mol. The van der Waals surface area contributed by atoms with Gasteiger partial charge in [-0.25, -0.2) is 4.79 Å². The Hall–Kier alpha value is -2.15. The van der Waals surface area contributed by atoms with Gasteiger partial charge in [0.05, 0.1) is 12.1 Å². The molecule has 0 spiro atoms. The molecule has 2 aromatic rings. The number of H-pyrrole nitrogens is 1. The fraction of sp³-hybridized carbons (Fsp3) is 0.100. The quantitative estimate of drug-likeness (QED) is 0.764. The van der Waals surface area contributed by atoms with Crippen molar-refractivity contribution in [3.8, 4) is 0 Å². The van der Waals surface area contributed by atoms with Crippen LogP contribution in [0.4, 0.5) is 5.69 Å². The van der Waals surface area contributed by atoms with Gasteiger partial charge in [0.1, 0.15) is 4.88 Å². The molecular weight excluding hydrogens is 242 g/mol. The molecule has 2 rings (SSSR count). The molecule has 0 unspecified atom stereocenters. The van der Waals surface area contributed by atoms with Gasteiger partial charge in [0.15, 0.2) is 0 Å². The highest BCUT2D eigenvalue weighted by atomic mass is 32.1. The topological polar surface area (TPSA) is 95.1 Å². The lowest BCUT2D eigenvalue weighted by molar-refractivity contribution is -0.115. The molecule has 0 saturated heterocycles. The van der Waals surface area contributed by atoms with Crippen LogP contribution in [0.15, 0.2) is 23.7 Å². The second-order valence-corrected chi connectivity index (χ2v) is 4.19. The molecule has 1 amide bonds. The normalized spacial score (nSPS) is 10.1. The number of anilines is 1. The molecule has 0 aliphatic carbocycles. The van der Waals surface area contributed by atoms with Gasteiger partial charge in [-0.15, -0.1) is 11.3 Å². The lowest BCUT2D eigenvalue weighted by Gasteiger charge is -2.02. The molecule has 88 valence electrons.